The molecule has 1 aliphatic carbocycles. The lowest BCUT2D eigenvalue weighted by Gasteiger charge is -2.32. The van der Waals surface area contributed by atoms with Crippen LogP contribution in [-0.2, 0) is 14.3 Å². The van der Waals surface area contributed by atoms with Crippen molar-refractivity contribution < 1.29 is 14.3 Å². The molecule has 1 fully saturated rings. The average molecular weight is 256 g/mol. The number of esters is 1. The molecule has 0 aliphatic heterocycles. The average Bonchev–Trinajstić information content (AvgIpc) is 2.26. The van der Waals surface area contributed by atoms with Gasteiger partial charge in [0.25, 0.3) is 0 Å². The van der Waals surface area contributed by atoms with E-state index >= 15 is 0 Å². The smallest absolute Gasteiger partial charge is 0.332 e. The van der Waals surface area contributed by atoms with Crippen molar-refractivity contribution in [1.82, 2.24) is 5.32 Å². The molecule has 5 nitrogen and oxygen atoms in total. The van der Waals surface area contributed by atoms with Gasteiger partial charge in [-0.15, -0.1) is 0 Å². The molecule has 0 aromatic carbocycles. The van der Waals surface area contributed by atoms with Crippen LogP contribution in [0.25, 0.3) is 0 Å². The van der Waals surface area contributed by atoms with Crippen molar-refractivity contribution in [3.8, 4) is 0 Å². The van der Waals surface area contributed by atoms with E-state index in [0.717, 1.165) is 12.8 Å². The second-order valence-electron chi connectivity index (χ2n) is 5.35. The van der Waals surface area contributed by atoms with Gasteiger partial charge in [-0.2, -0.15) is 0 Å². The van der Waals surface area contributed by atoms with Gasteiger partial charge >= 0.3 is 5.97 Å². The molecule has 5 heteroatoms. The van der Waals surface area contributed by atoms with Gasteiger partial charge in [-0.25, -0.2) is 4.79 Å². The molecule has 104 valence electrons. The summed E-state index contributed by atoms with van der Waals surface area (Å²) in [7, 11) is 0. The lowest BCUT2D eigenvalue weighted by atomic mass is 9.80. The first-order valence-corrected chi connectivity index (χ1v) is 6.66. The summed E-state index contributed by atoms with van der Waals surface area (Å²) in [6.07, 6.45) is 3.09. The van der Waals surface area contributed by atoms with E-state index < -0.39 is 17.9 Å². The van der Waals surface area contributed by atoms with Crippen molar-refractivity contribution in [2.75, 3.05) is 6.61 Å². The number of carbonyl (C=O) groups is 2. The van der Waals surface area contributed by atoms with Gasteiger partial charge in [0.1, 0.15) is 0 Å². The fourth-order valence-corrected chi connectivity index (χ4v) is 2.69. The number of rotatable bonds is 4. The van der Waals surface area contributed by atoms with Crippen LogP contribution in [0.4, 0.5) is 0 Å². The monoisotopic (exact) mass is 256 g/mol. The second-order valence-corrected chi connectivity index (χ2v) is 5.35. The molecule has 0 saturated heterocycles. The van der Waals surface area contributed by atoms with Crippen LogP contribution in [-0.4, -0.2) is 30.6 Å². The number of hydrogen-bond acceptors (Lipinski definition) is 4. The predicted octanol–water partition coefficient (Wildman–Crippen LogP) is 0.818. The zero-order valence-corrected chi connectivity index (χ0v) is 11.4. The van der Waals surface area contributed by atoms with Gasteiger partial charge < -0.3 is 15.8 Å². The highest BCUT2D eigenvalue weighted by Crippen LogP contribution is 2.28. The van der Waals surface area contributed by atoms with Gasteiger partial charge in [-0.1, -0.05) is 13.8 Å². The first-order valence-electron chi connectivity index (χ1n) is 6.66. The van der Waals surface area contributed by atoms with Gasteiger partial charge in [0.15, 0.2) is 6.04 Å². The topological polar surface area (TPSA) is 81.4 Å². The van der Waals surface area contributed by atoms with Gasteiger partial charge in [0.05, 0.1) is 6.61 Å². The number of carbonyl (C=O) groups excluding carboxylic acids is 2. The van der Waals surface area contributed by atoms with Gasteiger partial charge in [0.2, 0.25) is 5.91 Å². The van der Waals surface area contributed by atoms with Gasteiger partial charge in [-0.05, 0) is 38.0 Å². The van der Waals surface area contributed by atoms with Crippen LogP contribution < -0.4 is 11.1 Å². The molecule has 3 atom stereocenters. The third kappa shape index (κ3) is 4.29. The molecule has 0 bridgehead atoms. The van der Waals surface area contributed by atoms with Crippen molar-refractivity contribution in [2.45, 2.75) is 52.1 Å². The lowest BCUT2D eigenvalue weighted by Crippen LogP contribution is -2.51. The van der Waals surface area contributed by atoms with Crippen molar-refractivity contribution >= 4 is 11.9 Å². The molecule has 1 amide bonds. The van der Waals surface area contributed by atoms with Gasteiger partial charge in [-0.3, -0.25) is 4.79 Å². The molecule has 1 saturated carbocycles. The normalized spacial score (nSPS) is 29.4. The molecular weight excluding hydrogens is 232 g/mol. The Labute approximate surface area is 108 Å². The lowest BCUT2D eigenvalue weighted by molar-refractivity contribution is -0.148. The molecule has 0 radical (unpaired) electrons. The van der Waals surface area contributed by atoms with Crippen LogP contribution in [0, 0.1) is 11.8 Å². The summed E-state index contributed by atoms with van der Waals surface area (Å²) in [4.78, 5) is 23.2. The Morgan fingerprint density at radius 2 is 1.83 bits per heavy atom. The van der Waals surface area contributed by atoms with Crippen LogP contribution in [0.2, 0.25) is 0 Å². The number of amides is 1. The van der Waals surface area contributed by atoms with Crippen molar-refractivity contribution in [1.29, 1.82) is 0 Å². The van der Waals surface area contributed by atoms with Gasteiger partial charge in [0, 0.05) is 6.04 Å². The summed E-state index contributed by atoms with van der Waals surface area (Å²) >= 11 is 0. The molecule has 0 spiro atoms. The summed E-state index contributed by atoms with van der Waals surface area (Å²) in [5.74, 6) is 0.0994. The van der Waals surface area contributed by atoms with Crippen LogP contribution >= 0.6 is 0 Å². The molecule has 1 aliphatic rings. The second kappa shape index (κ2) is 6.73. The Hall–Kier alpha value is -1.10. The maximum atomic E-state index is 11.8. The minimum Gasteiger partial charge on any atom is -0.464 e. The molecule has 3 unspecified atom stereocenters. The molecule has 0 heterocycles. The molecule has 0 aromatic rings. The highest BCUT2D eigenvalue weighted by Gasteiger charge is 2.29. The summed E-state index contributed by atoms with van der Waals surface area (Å²) < 4.78 is 4.73. The number of ether oxygens (including phenoxy) is 1. The van der Waals surface area contributed by atoms with Crippen LogP contribution in [0.3, 0.4) is 0 Å². The number of nitrogens with one attached hydrogen (secondary N) is 1. The largest absolute Gasteiger partial charge is 0.464 e. The highest BCUT2D eigenvalue weighted by molar-refractivity contribution is 6.01. The Bertz CT molecular complexity index is 297. The Kier molecular flexibility index (Phi) is 5.59. The first kappa shape index (κ1) is 15.0. The standard InChI is InChI=1S/C13H24N2O3/c1-4-18-13(17)11(14)12(16)15-10-6-8(2)5-9(3)7-10/h8-11H,4-7,14H2,1-3H3,(H,15,16). The Morgan fingerprint density at radius 1 is 1.28 bits per heavy atom. The molecule has 1 rings (SSSR count). The maximum absolute atomic E-state index is 11.8. The SMILES string of the molecule is CCOC(=O)C(N)C(=O)NC1CC(C)CC(C)C1. The van der Waals surface area contributed by atoms with Crippen molar-refractivity contribution in [3.05, 3.63) is 0 Å². The van der Waals surface area contributed by atoms with E-state index in [2.05, 4.69) is 19.2 Å². The third-order valence-electron chi connectivity index (χ3n) is 3.35. The fraction of sp³-hybridized carbons (Fsp3) is 0.846. The van der Waals surface area contributed by atoms with E-state index in [4.69, 9.17) is 10.5 Å². The quantitative estimate of drug-likeness (QED) is 0.576. The van der Waals surface area contributed by atoms with E-state index in [9.17, 15) is 9.59 Å². The van der Waals surface area contributed by atoms with Crippen LogP contribution in [0.5, 0.6) is 0 Å². The Balaban J connectivity index is 2.46. The van der Waals surface area contributed by atoms with Crippen molar-refractivity contribution in [2.24, 2.45) is 17.6 Å². The number of nitrogens with two attached hydrogens (primary N) is 1. The maximum Gasteiger partial charge on any atom is 0.332 e. The summed E-state index contributed by atoms with van der Waals surface area (Å²) in [5, 5.41) is 2.85. The molecule has 0 aromatic heterocycles. The Morgan fingerprint density at radius 3 is 2.33 bits per heavy atom. The van der Waals surface area contributed by atoms with E-state index in [1.807, 2.05) is 0 Å². The zero-order chi connectivity index (χ0) is 13.7. The van der Waals surface area contributed by atoms with E-state index in [1.54, 1.807) is 6.92 Å². The molecule has 3 N–H and O–H groups in total. The minimum atomic E-state index is -1.21. The predicted molar refractivity (Wildman–Crippen MR) is 68.7 cm³/mol. The fourth-order valence-electron chi connectivity index (χ4n) is 2.69. The van der Waals surface area contributed by atoms with Crippen molar-refractivity contribution in [3.63, 3.8) is 0 Å². The highest BCUT2D eigenvalue weighted by atomic mass is 16.5. The number of hydrogen-bond donors (Lipinski definition) is 2. The summed E-state index contributed by atoms with van der Waals surface area (Å²) in [6, 6.07) is -1.09. The van der Waals surface area contributed by atoms with E-state index in [0.29, 0.717) is 11.8 Å². The third-order valence-corrected chi connectivity index (χ3v) is 3.35. The summed E-state index contributed by atoms with van der Waals surface area (Å²) in [5.41, 5.74) is 5.55. The van der Waals surface area contributed by atoms with E-state index in [1.165, 1.54) is 6.42 Å². The van der Waals surface area contributed by atoms with Crippen LogP contribution in [0.15, 0.2) is 0 Å². The summed E-state index contributed by atoms with van der Waals surface area (Å²) in [6.45, 7) is 6.28. The first-order chi connectivity index (χ1) is 8.43. The molecule has 18 heavy (non-hydrogen) atoms. The molecular formula is C13H24N2O3. The van der Waals surface area contributed by atoms with Crippen LogP contribution in [0.1, 0.15) is 40.0 Å². The minimum absolute atomic E-state index is 0.122. The van der Waals surface area contributed by atoms with E-state index in [-0.39, 0.29) is 12.6 Å². The zero-order valence-electron chi connectivity index (χ0n) is 11.4.